The van der Waals surface area contributed by atoms with Gasteiger partial charge in [0, 0.05) is 29.1 Å². The molecular weight excluding hydrogens is 572 g/mol. The Labute approximate surface area is 255 Å². The number of carbonyl (C=O) groups is 1. The molecule has 1 amide bonds. The van der Waals surface area contributed by atoms with Crippen LogP contribution in [-0.4, -0.2) is 55.8 Å². The van der Waals surface area contributed by atoms with E-state index in [0.717, 1.165) is 68.1 Å². The molecule has 5 atom stereocenters. The van der Waals surface area contributed by atoms with Crippen molar-refractivity contribution in [3.05, 3.63) is 70.3 Å². The summed E-state index contributed by atoms with van der Waals surface area (Å²) in [7, 11) is -1.62. The number of anilines is 1. The molecule has 7 nitrogen and oxygen atoms in total. The van der Waals surface area contributed by atoms with Crippen LogP contribution in [0.5, 0.6) is 5.75 Å². The molecular formula is C33H40ClN2O5S-. The number of aliphatic hydroxyl groups excluding tert-OH is 1. The van der Waals surface area contributed by atoms with Crippen molar-refractivity contribution < 1.29 is 23.6 Å². The van der Waals surface area contributed by atoms with Gasteiger partial charge in [-0.2, -0.15) is 10.6 Å². The zero-order valence-corrected chi connectivity index (χ0v) is 25.7. The molecule has 226 valence electrons. The number of aliphatic hydroxyl groups is 1. The lowest BCUT2D eigenvalue weighted by molar-refractivity contribution is -0.0258. The fraction of sp³-hybridized carbons (Fsp3) is 0.545. The van der Waals surface area contributed by atoms with Crippen molar-refractivity contribution >= 4 is 33.8 Å². The summed E-state index contributed by atoms with van der Waals surface area (Å²) in [6.07, 6.45) is 10.1. The third kappa shape index (κ3) is 6.14. The van der Waals surface area contributed by atoms with Crippen LogP contribution in [0.25, 0.3) is 0 Å². The van der Waals surface area contributed by atoms with Crippen LogP contribution in [-0.2, 0) is 31.4 Å². The first kappa shape index (κ1) is 29.7. The molecule has 1 spiro atoms. The quantitative estimate of drug-likeness (QED) is 0.333. The number of amides is 1. The zero-order chi connectivity index (χ0) is 29.3. The van der Waals surface area contributed by atoms with Crippen molar-refractivity contribution in [3.8, 4) is 5.75 Å². The molecule has 4 aliphatic rings. The number of allylic oxidation sites excluding steroid dienone is 1. The Hall–Kier alpha value is -2.39. The fourth-order valence-electron chi connectivity index (χ4n) is 7.23. The molecule has 2 heterocycles. The van der Waals surface area contributed by atoms with Crippen LogP contribution in [0.2, 0.25) is 5.02 Å². The van der Waals surface area contributed by atoms with Gasteiger partial charge in [0.25, 0.3) is 5.91 Å². The molecule has 2 aliphatic carbocycles. The van der Waals surface area contributed by atoms with Gasteiger partial charge in [-0.1, -0.05) is 48.4 Å². The molecule has 2 aliphatic heterocycles. The van der Waals surface area contributed by atoms with E-state index in [0.29, 0.717) is 36.4 Å². The third-order valence-electron chi connectivity index (χ3n) is 9.51. The van der Waals surface area contributed by atoms with Gasteiger partial charge in [0.1, 0.15) is 5.75 Å². The molecule has 2 bridgehead atoms. The zero-order valence-electron chi connectivity index (χ0n) is 24.2. The van der Waals surface area contributed by atoms with Crippen LogP contribution in [0, 0.1) is 17.8 Å². The monoisotopic (exact) mass is 611 g/mol. The van der Waals surface area contributed by atoms with Crippen LogP contribution in [0.4, 0.5) is 5.69 Å². The van der Waals surface area contributed by atoms with E-state index < -0.39 is 16.5 Å². The highest BCUT2D eigenvalue weighted by atomic mass is 35.5. The van der Waals surface area contributed by atoms with E-state index in [2.05, 4.69) is 33.5 Å². The predicted octanol–water partition coefficient (Wildman–Crippen LogP) is 6.10. The van der Waals surface area contributed by atoms with Crippen LogP contribution in [0.1, 0.15) is 60.5 Å². The van der Waals surface area contributed by atoms with Crippen molar-refractivity contribution in [2.45, 2.75) is 57.0 Å². The number of fused-ring (bicyclic) bond motifs is 4. The summed E-state index contributed by atoms with van der Waals surface area (Å²) in [5, 5.41) is 10.3. The number of benzene rings is 2. The van der Waals surface area contributed by atoms with Crippen LogP contribution in [0.3, 0.4) is 0 Å². The largest absolute Gasteiger partial charge is 0.490 e. The molecule has 0 aromatic heterocycles. The molecule has 9 heteroatoms. The molecule has 1 saturated carbocycles. The van der Waals surface area contributed by atoms with Gasteiger partial charge in [0.2, 0.25) is 0 Å². The third-order valence-corrected chi connectivity index (χ3v) is 11.0. The second kappa shape index (κ2) is 12.7. The molecule has 42 heavy (non-hydrogen) atoms. The standard InChI is InChI=1S/C33H40ClN2O5S/c1-22-4-2-6-30(40-15-14-37)27-10-7-25(27)18-36-20-33(13-3-5-23-16-26(34)9-11-28(23)33)21-41-31-12-8-24(17-29(31)36)32(38)35-42(39)19-22/h2,6,8-9,11-12,16-17,22,25,27,30,37H,3-5,7,10,13-15,18-21H2,1H3/q-1/b6-2+/t22-,25-,27+,30-,33-/m0/s1. The molecule has 1 N–H and O–H groups in total. The Morgan fingerprint density at radius 1 is 1.24 bits per heavy atom. The summed E-state index contributed by atoms with van der Waals surface area (Å²) in [4.78, 5) is 15.6. The Morgan fingerprint density at radius 3 is 2.93 bits per heavy atom. The van der Waals surface area contributed by atoms with Gasteiger partial charge in [0.15, 0.2) is 0 Å². The minimum Gasteiger partial charge on any atom is -0.490 e. The van der Waals surface area contributed by atoms with Gasteiger partial charge in [-0.25, -0.2) is 0 Å². The van der Waals surface area contributed by atoms with Gasteiger partial charge in [-0.15, -0.1) is 0 Å². The Kier molecular flexibility index (Phi) is 8.96. The summed E-state index contributed by atoms with van der Waals surface area (Å²) >= 11 is 6.41. The van der Waals surface area contributed by atoms with Crippen LogP contribution >= 0.6 is 11.6 Å². The van der Waals surface area contributed by atoms with Gasteiger partial charge in [-0.3, -0.25) is 4.79 Å². The molecule has 2 aromatic rings. The van der Waals surface area contributed by atoms with Crippen molar-refractivity contribution in [3.63, 3.8) is 0 Å². The van der Waals surface area contributed by atoms with E-state index in [1.54, 1.807) is 6.07 Å². The number of hydrogen-bond donors (Lipinski definition) is 1. The van der Waals surface area contributed by atoms with E-state index in [-0.39, 0.29) is 24.0 Å². The SMILES string of the molecule is C[C@H]1C/C=C/[C@H](OCCO)[C@@H]2CC[C@H]2CN2C[C@@]3(CCCc4cc(Cl)ccc43)COc3ccc(cc32)C(=O)N=[S-](=O)C1. The van der Waals surface area contributed by atoms with Crippen molar-refractivity contribution in [1.29, 1.82) is 0 Å². The smallest absolute Gasteiger partial charge is 0.254 e. The fourth-order valence-corrected chi connectivity index (χ4v) is 8.42. The Morgan fingerprint density at radius 2 is 2.12 bits per heavy atom. The van der Waals surface area contributed by atoms with E-state index in [9.17, 15) is 14.1 Å². The second-order valence-electron chi connectivity index (χ2n) is 12.5. The van der Waals surface area contributed by atoms with Gasteiger partial charge >= 0.3 is 0 Å². The molecule has 2 aromatic carbocycles. The Bertz CT molecular complexity index is 1440. The second-order valence-corrected chi connectivity index (χ2v) is 14.1. The number of nitrogens with zero attached hydrogens (tertiary/aromatic N) is 2. The molecule has 0 radical (unpaired) electrons. The Balaban J connectivity index is 1.42. The van der Waals surface area contributed by atoms with Crippen LogP contribution in [0.15, 0.2) is 52.9 Å². The lowest BCUT2D eigenvalue weighted by Crippen LogP contribution is -2.49. The maximum atomic E-state index is 13.2. The number of ether oxygens (including phenoxy) is 2. The van der Waals surface area contributed by atoms with E-state index in [4.69, 9.17) is 21.1 Å². The van der Waals surface area contributed by atoms with Crippen LogP contribution < -0.4 is 9.64 Å². The summed E-state index contributed by atoms with van der Waals surface area (Å²) in [5.41, 5.74) is 3.68. The molecule has 6 rings (SSSR count). The van der Waals surface area contributed by atoms with Gasteiger partial charge in [-0.05, 0) is 91.8 Å². The first-order valence-corrected chi connectivity index (χ1v) is 16.8. The summed E-state index contributed by atoms with van der Waals surface area (Å²) in [6.45, 7) is 4.41. The minimum atomic E-state index is -1.62. The first-order chi connectivity index (χ1) is 20.3. The van der Waals surface area contributed by atoms with Crippen molar-refractivity contribution in [1.82, 2.24) is 0 Å². The highest BCUT2D eigenvalue weighted by molar-refractivity contribution is 7.75. The first-order valence-electron chi connectivity index (χ1n) is 15.2. The predicted molar refractivity (Wildman–Crippen MR) is 166 cm³/mol. The van der Waals surface area contributed by atoms with E-state index >= 15 is 0 Å². The number of rotatable bonds is 3. The number of aryl methyl sites for hydroxylation is 1. The molecule has 0 unspecified atom stereocenters. The highest BCUT2D eigenvalue weighted by Gasteiger charge is 2.44. The van der Waals surface area contributed by atoms with Gasteiger partial charge < -0.3 is 28.1 Å². The number of carbonyl (C=O) groups excluding carboxylic acids is 1. The summed E-state index contributed by atoms with van der Waals surface area (Å²) in [6, 6.07) is 11.8. The van der Waals surface area contributed by atoms with Gasteiger partial charge in [0.05, 0.1) is 31.6 Å². The maximum Gasteiger partial charge on any atom is 0.254 e. The number of hydrogen-bond acceptors (Lipinski definition) is 7. The van der Waals surface area contributed by atoms with E-state index in [1.807, 2.05) is 25.1 Å². The summed E-state index contributed by atoms with van der Waals surface area (Å²) in [5.74, 6) is 1.42. The molecule has 1 fully saturated rings. The minimum absolute atomic E-state index is 0.0157. The number of halogens is 1. The summed E-state index contributed by atoms with van der Waals surface area (Å²) < 4.78 is 29.6. The van der Waals surface area contributed by atoms with Crippen molar-refractivity contribution in [2.75, 3.05) is 43.6 Å². The lowest BCUT2D eigenvalue weighted by Gasteiger charge is -2.46. The lowest BCUT2D eigenvalue weighted by atomic mass is 9.68. The average molecular weight is 612 g/mol. The topological polar surface area (TPSA) is 88.4 Å². The molecule has 0 saturated heterocycles. The average Bonchev–Trinajstić information content (AvgIpc) is 3.10. The maximum absolute atomic E-state index is 13.2. The highest BCUT2D eigenvalue weighted by Crippen LogP contribution is 2.47. The van der Waals surface area contributed by atoms with E-state index in [1.165, 1.54) is 11.1 Å². The van der Waals surface area contributed by atoms with Crippen molar-refractivity contribution in [2.24, 2.45) is 22.1 Å². The normalized spacial score (nSPS) is 30.7.